The zero-order valence-electron chi connectivity index (χ0n) is 12.2. The zero-order valence-corrected chi connectivity index (χ0v) is 12.2. The van der Waals surface area contributed by atoms with Gasteiger partial charge >= 0.3 is 0 Å². The molecule has 0 saturated carbocycles. The maximum absolute atomic E-state index is 4.44. The molecule has 3 rings (SSSR count). The van der Waals surface area contributed by atoms with Gasteiger partial charge in [-0.2, -0.15) is 5.10 Å². The van der Waals surface area contributed by atoms with E-state index < -0.39 is 0 Å². The number of aromatic nitrogens is 4. The van der Waals surface area contributed by atoms with Crippen molar-refractivity contribution in [2.45, 2.75) is 0 Å². The van der Waals surface area contributed by atoms with E-state index in [-0.39, 0.29) is 0 Å². The molecule has 2 heterocycles. The van der Waals surface area contributed by atoms with Crippen molar-refractivity contribution in [2.75, 3.05) is 32.5 Å². The van der Waals surface area contributed by atoms with Crippen molar-refractivity contribution in [1.82, 2.24) is 19.7 Å². The molecular weight excluding hydrogens is 264 g/mol. The molecule has 0 atom stereocenters. The lowest BCUT2D eigenvalue weighted by Crippen LogP contribution is -3.06. The standard InChI is InChI=1S/C15H18N6/c1-20(2)9-8-16-14-13-10-19-21(15(13)18-11-17-14)12-6-4-3-5-7-12/h3-7,10-11H,8-9H2,1-2H3,(H,16,17,18)/p+1. The van der Waals surface area contributed by atoms with Crippen LogP contribution in [0, 0.1) is 0 Å². The van der Waals surface area contributed by atoms with E-state index in [1.54, 1.807) is 6.33 Å². The van der Waals surface area contributed by atoms with Gasteiger partial charge in [-0.3, -0.25) is 0 Å². The van der Waals surface area contributed by atoms with Gasteiger partial charge in [0.2, 0.25) is 0 Å². The topological polar surface area (TPSA) is 60.1 Å². The van der Waals surface area contributed by atoms with Gasteiger partial charge in [-0.05, 0) is 12.1 Å². The fraction of sp³-hybridized carbons (Fsp3) is 0.267. The Balaban J connectivity index is 1.93. The Morgan fingerprint density at radius 1 is 1.14 bits per heavy atom. The van der Waals surface area contributed by atoms with E-state index in [1.807, 2.05) is 41.2 Å². The summed E-state index contributed by atoms with van der Waals surface area (Å²) in [5.41, 5.74) is 1.81. The number of fused-ring (bicyclic) bond motifs is 1. The summed E-state index contributed by atoms with van der Waals surface area (Å²) >= 11 is 0. The average Bonchev–Trinajstić information content (AvgIpc) is 2.92. The Bertz CT molecular complexity index is 719. The molecule has 0 fully saturated rings. The van der Waals surface area contributed by atoms with Crippen LogP contribution in [-0.2, 0) is 0 Å². The molecule has 6 nitrogen and oxygen atoms in total. The molecule has 108 valence electrons. The van der Waals surface area contributed by atoms with Crippen molar-refractivity contribution in [3.8, 4) is 5.69 Å². The average molecular weight is 283 g/mol. The number of anilines is 1. The molecule has 0 unspecified atom stereocenters. The van der Waals surface area contributed by atoms with Gasteiger partial charge in [0.1, 0.15) is 12.1 Å². The van der Waals surface area contributed by atoms with E-state index in [9.17, 15) is 0 Å². The molecule has 21 heavy (non-hydrogen) atoms. The third-order valence-corrected chi connectivity index (χ3v) is 3.28. The van der Waals surface area contributed by atoms with Gasteiger partial charge < -0.3 is 10.2 Å². The molecule has 0 amide bonds. The summed E-state index contributed by atoms with van der Waals surface area (Å²) in [5.74, 6) is 0.837. The first-order valence-corrected chi connectivity index (χ1v) is 7.03. The highest BCUT2D eigenvalue weighted by atomic mass is 15.3. The van der Waals surface area contributed by atoms with E-state index in [0.29, 0.717) is 0 Å². The minimum atomic E-state index is 0.816. The second-order valence-corrected chi connectivity index (χ2v) is 5.24. The highest BCUT2D eigenvalue weighted by Gasteiger charge is 2.10. The predicted molar refractivity (Wildman–Crippen MR) is 82.8 cm³/mol. The van der Waals surface area contributed by atoms with Crippen molar-refractivity contribution < 1.29 is 4.90 Å². The summed E-state index contributed by atoms with van der Waals surface area (Å²) in [6.07, 6.45) is 3.39. The van der Waals surface area contributed by atoms with Crippen LogP contribution in [0.3, 0.4) is 0 Å². The lowest BCUT2D eigenvalue weighted by Gasteiger charge is -2.09. The summed E-state index contributed by atoms with van der Waals surface area (Å²) in [4.78, 5) is 10.1. The van der Waals surface area contributed by atoms with Crippen LogP contribution >= 0.6 is 0 Å². The first-order valence-electron chi connectivity index (χ1n) is 7.03. The molecule has 1 aromatic carbocycles. The van der Waals surface area contributed by atoms with Crippen molar-refractivity contribution in [1.29, 1.82) is 0 Å². The number of para-hydroxylation sites is 1. The smallest absolute Gasteiger partial charge is 0.168 e. The second kappa shape index (κ2) is 5.88. The molecular formula is C15H19N6+. The molecule has 0 spiro atoms. The van der Waals surface area contributed by atoms with E-state index >= 15 is 0 Å². The van der Waals surface area contributed by atoms with E-state index in [0.717, 1.165) is 35.6 Å². The highest BCUT2D eigenvalue weighted by Crippen LogP contribution is 2.20. The minimum absolute atomic E-state index is 0.816. The lowest BCUT2D eigenvalue weighted by molar-refractivity contribution is -0.856. The fourth-order valence-electron chi connectivity index (χ4n) is 2.17. The third kappa shape index (κ3) is 2.85. The molecule has 0 saturated heterocycles. The molecule has 0 aliphatic heterocycles. The monoisotopic (exact) mass is 283 g/mol. The summed E-state index contributed by atoms with van der Waals surface area (Å²) in [7, 11) is 4.26. The number of rotatable bonds is 5. The van der Waals surface area contributed by atoms with Crippen molar-refractivity contribution in [2.24, 2.45) is 0 Å². The molecule has 6 heteroatoms. The largest absolute Gasteiger partial charge is 0.364 e. The van der Waals surface area contributed by atoms with Gasteiger partial charge in [0.15, 0.2) is 5.65 Å². The Morgan fingerprint density at radius 3 is 2.71 bits per heavy atom. The maximum Gasteiger partial charge on any atom is 0.168 e. The number of nitrogens with zero attached hydrogens (tertiary/aromatic N) is 4. The SMILES string of the molecule is C[NH+](C)CCNc1ncnc2c1cnn2-c1ccccc1. The highest BCUT2D eigenvalue weighted by molar-refractivity contribution is 5.87. The first kappa shape index (κ1) is 13.5. The molecule has 0 radical (unpaired) electrons. The minimum Gasteiger partial charge on any atom is -0.364 e. The summed E-state index contributed by atoms with van der Waals surface area (Å²) < 4.78 is 1.83. The van der Waals surface area contributed by atoms with Crippen LogP contribution in [0.25, 0.3) is 16.7 Å². The Labute approximate surface area is 123 Å². The molecule has 0 aliphatic rings. The molecule has 3 aromatic rings. The van der Waals surface area contributed by atoms with E-state index in [1.165, 1.54) is 4.90 Å². The van der Waals surface area contributed by atoms with Crippen LogP contribution in [0.15, 0.2) is 42.9 Å². The van der Waals surface area contributed by atoms with Gasteiger partial charge in [0.25, 0.3) is 0 Å². The molecule has 2 N–H and O–H groups in total. The number of quaternary nitrogens is 1. The van der Waals surface area contributed by atoms with Crippen LogP contribution < -0.4 is 10.2 Å². The summed E-state index contributed by atoms with van der Waals surface area (Å²) in [5, 5.41) is 8.74. The third-order valence-electron chi connectivity index (χ3n) is 3.28. The Morgan fingerprint density at radius 2 is 1.95 bits per heavy atom. The predicted octanol–water partition coefficient (Wildman–Crippen LogP) is 0.372. The quantitative estimate of drug-likeness (QED) is 0.710. The van der Waals surface area contributed by atoms with Crippen molar-refractivity contribution >= 4 is 16.9 Å². The molecule has 0 aliphatic carbocycles. The van der Waals surface area contributed by atoms with Gasteiger partial charge in [-0.15, -0.1) is 0 Å². The van der Waals surface area contributed by atoms with E-state index in [4.69, 9.17) is 0 Å². The van der Waals surface area contributed by atoms with Gasteiger partial charge in [-0.1, -0.05) is 18.2 Å². The fourth-order valence-corrected chi connectivity index (χ4v) is 2.17. The van der Waals surface area contributed by atoms with Gasteiger partial charge in [0, 0.05) is 0 Å². The zero-order chi connectivity index (χ0) is 14.7. The molecule has 0 bridgehead atoms. The van der Waals surface area contributed by atoms with Gasteiger partial charge in [-0.25, -0.2) is 14.6 Å². The van der Waals surface area contributed by atoms with Crippen LogP contribution in [0.5, 0.6) is 0 Å². The first-order chi connectivity index (χ1) is 10.3. The normalized spacial score (nSPS) is 11.2. The molecule has 2 aromatic heterocycles. The second-order valence-electron chi connectivity index (χ2n) is 5.24. The summed E-state index contributed by atoms with van der Waals surface area (Å²) in [6.45, 7) is 1.89. The Hall–Kier alpha value is -2.47. The number of likely N-dealkylation sites (N-methyl/N-ethyl adjacent to an activating group) is 1. The van der Waals surface area contributed by atoms with Crippen LogP contribution in [-0.4, -0.2) is 46.9 Å². The maximum atomic E-state index is 4.44. The lowest BCUT2D eigenvalue weighted by atomic mass is 10.3. The Kier molecular flexibility index (Phi) is 3.79. The van der Waals surface area contributed by atoms with E-state index in [2.05, 4.69) is 34.5 Å². The van der Waals surface area contributed by atoms with Crippen LogP contribution in [0.1, 0.15) is 0 Å². The summed E-state index contributed by atoms with van der Waals surface area (Å²) in [6, 6.07) is 9.99. The number of benzene rings is 1. The van der Waals surface area contributed by atoms with Crippen molar-refractivity contribution in [3.05, 3.63) is 42.9 Å². The van der Waals surface area contributed by atoms with Gasteiger partial charge in [0.05, 0.1) is 44.5 Å². The van der Waals surface area contributed by atoms with Crippen molar-refractivity contribution in [3.63, 3.8) is 0 Å². The number of hydrogen-bond donors (Lipinski definition) is 2. The van der Waals surface area contributed by atoms with Crippen LogP contribution in [0.4, 0.5) is 5.82 Å². The number of hydrogen-bond acceptors (Lipinski definition) is 4. The van der Waals surface area contributed by atoms with Crippen LogP contribution in [0.2, 0.25) is 0 Å². The number of nitrogens with one attached hydrogen (secondary N) is 2.